The molecule has 1 amide bonds. The summed E-state index contributed by atoms with van der Waals surface area (Å²) >= 11 is 1.44. The van der Waals surface area contributed by atoms with E-state index in [9.17, 15) is 4.79 Å². The Kier molecular flexibility index (Phi) is 3.69. The third-order valence-corrected chi connectivity index (χ3v) is 3.19. The molecule has 0 bridgehead atoms. The lowest BCUT2D eigenvalue weighted by molar-refractivity contribution is 0.0948. The van der Waals surface area contributed by atoms with E-state index in [0.717, 1.165) is 19.5 Å². The molecule has 1 fully saturated rings. The number of hydrogen-bond donors (Lipinski definition) is 2. The lowest BCUT2D eigenvalue weighted by Gasteiger charge is -2.09. The van der Waals surface area contributed by atoms with Crippen LogP contribution >= 0.6 is 11.3 Å². The minimum Gasteiger partial charge on any atom is -0.351 e. The first-order chi connectivity index (χ1) is 7.36. The Morgan fingerprint density at radius 2 is 2.67 bits per heavy atom. The number of carbonyl (C=O) groups is 1. The van der Waals surface area contributed by atoms with E-state index in [0.29, 0.717) is 11.7 Å². The van der Waals surface area contributed by atoms with Crippen molar-refractivity contribution in [2.45, 2.75) is 25.3 Å². The molecule has 1 atom stereocenters. The molecule has 82 valence electrons. The van der Waals surface area contributed by atoms with Gasteiger partial charge in [0.1, 0.15) is 5.69 Å². The molecule has 5 heteroatoms. The summed E-state index contributed by atoms with van der Waals surface area (Å²) in [5.74, 6) is -0.0609. The van der Waals surface area contributed by atoms with E-state index in [-0.39, 0.29) is 5.91 Å². The normalized spacial score (nSPS) is 20.4. The van der Waals surface area contributed by atoms with Gasteiger partial charge in [0.2, 0.25) is 0 Å². The van der Waals surface area contributed by atoms with Gasteiger partial charge in [0.25, 0.3) is 5.91 Å². The van der Waals surface area contributed by atoms with Crippen molar-refractivity contribution in [1.82, 2.24) is 15.6 Å². The van der Waals surface area contributed by atoms with E-state index in [2.05, 4.69) is 15.6 Å². The minimum absolute atomic E-state index is 0.0609. The number of nitrogens with zero attached hydrogens (tertiary/aromatic N) is 1. The van der Waals surface area contributed by atoms with Crippen LogP contribution in [0.4, 0.5) is 0 Å². The van der Waals surface area contributed by atoms with Gasteiger partial charge in [-0.25, -0.2) is 4.98 Å². The topological polar surface area (TPSA) is 54.0 Å². The second-order valence-electron chi connectivity index (χ2n) is 3.71. The maximum Gasteiger partial charge on any atom is 0.270 e. The van der Waals surface area contributed by atoms with Gasteiger partial charge in [-0.2, -0.15) is 0 Å². The molecule has 4 nitrogen and oxygen atoms in total. The van der Waals surface area contributed by atoms with Crippen LogP contribution in [-0.4, -0.2) is 30.0 Å². The zero-order chi connectivity index (χ0) is 10.5. The highest BCUT2D eigenvalue weighted by atomic mass is 32.1. The van der Waals surface area contributed by atoms with Gasteiger partial charge >= 0.3 is 0 Å². The van der Waals surface area contributed by atoms with Crippen LogP contribution in [-0.2, 0) is 0 Å². The molecule has 1 saturated heterocycles. The van der Waals surface area contributed by atoms with Gasteiger partial charge in [0.05, 0.1) is 5.51 Å². The van der Waals surface area contributed by atoms with Gasteiger partial charge in [-0.05, 0) is 25.8 Å². The van der Waals surface area contributed by atoms with Gasteiger partial charge in [0.15, 0.2) is 0 Å². The summed E-state index contributed by atoms with van der Waals surface area (Å²) in [6.45, 7) is 1.85. The van der Waals surface area contributed by atoms with Crippen LogP contribution in [0.3, 0.4) is 0 Å². The van der Waals surface area contributed by atoms with Gasteiger partial charge in [-0.1, -0.05) is 0 Å². The van der Waals surface area contributed by atoms with Crippen LogP contribution in [0, 0.1) is 0 Å². The standard InChI is InChI=1S/C10H15N3OS/c14-10(9-6-15-7-13-9)12-5-3-8-2-1-4-11-8/h6-8,11H,1-5H2,(H,12,14). The number of amides is 1. The first-order valence-electron chi connectivity index (χ1n) is 5.26. The van der Waals surface area contributed by atoms with E-state index >= 15 is 0 Å². The summed E-state index contributed by atoms with van der Waals surface area (Å²) < 4.78 is 0. The van der Waals surface area contributed by atoms with Crippen molar-refractivity contribution in [2.75, 3.05) is 13.1 Å². The first kappa shape index (κ1) is 10.6. The predicted octanol–water partition coefficient (Wildman–Crippen LogP) is 1.01. The smallest absolute Gasteiger partial charge is 0.270 e. The Morgan fingerprint density at radius 1 is 1.73 bits per heavy atom. The number of carbonyl (C=O) groups excluding carboxylic acids is 1. The van der Waals surface area contributed by atoms with Gasteiger partial charge in [0, 0.05) is 18.0 Å². The molecule has 15 heavy (non-hydrogen) atoms. The largest absolute Gasteiger partial charge is 0.351 e. The Hall–Kier alpha value is -0.940. The average molecular weight is 225 g/mol. The van der Waals surface area contributed by atoms with Gasteiger partial charge in [-0.15, -0.1) is 11.3 Å². The Morgan fingerprint density at radius 3 is 3.33 bits per heavy atom. The number of thiazole rings is 1. The molecule has 1 aliphatic heterocycles. The van der Waals surface area contributed by atoms with Crippen molar-refractivity contribution in [3.63, 3.8) is 0 Å². The van der Waals surface area contributed by atoms with Gasteiger partial charge in [-0.3, -0.25) is 4.79 Å². The second-order valence-corrected chi connectivity index (χ2v) is 4.43. The van der Waals surface area contributed by atoms with E-state index in [1.807, 2.05) is 0 Å². The zero-order valence-electron chi connectivity index (χ0n) is 8.53. The van der Waals surface area contributed by atoms with E-state index in [1.165, 1.54) is 24.2 Å². The molecule has 1 aromatic rings. The first-order valence-corrected chi connectivity index (χ1v) is 6.20. The van der Waals surface area contributed by atoms with E-state index in [4.69, 9.17) is 0 Å². The van der Waals surface area contributed by atoms with Crippen LogP contribution in [0.2, 0.25) is 0 Å². The predicted molar refractivity (Wildman–Crippen MR) is 60.1 cm³/mol. The van der Waals surface area contributed by atoms with E-state index in [1.54, 1.807) is 10.9 Å². The third kappa shape index (κ3) is 3.00. The Labute approximate surface area is 93.1 Å². The van der Waals surface area contributed by atoms with Crippen LogP contribution in [0.1, 0.15) is 29.8 Å². The number of hydrogen-bond acceptors (Lipinski definition) is 4. The van der Waals surface area contributed by atoms with Crippen LogP contribution < -0.4 is 10.6 Å². The van der Waals surface area contributed by atoms with E-state index < -0.39 is 0 Å². The minimum atomic E-state index is -0.0609. The summed E-state index contributed by atoms with van der Waals surface area (Å²) in [4.78, 5) is 15.4. The maximum atomic E-state index is 11.5. The SMILES string of the molecule is O=C(NCCC1CCCN1)c1cscn1. The van der Waals surface area contributed by atoms with Gasteiger partial charge < -0.3 is 10.6 Å². The molecule has 0 aliphatic carbocycles. The highest BCUT2D eigenvalue weighted by Gasteiger charge is 2.14. The fraction of sp³-hybridized carbons (Fsp3) is 0.600. The molecule has 2 N–H and O–H groups in total. The molecule has 0 spiro atoms. The molecule has 2 rings (SSSR count). The van der Waals surface area contributed by atoms with Crippen molar-refractivity contribution in [3.8, 4) is 0 Å². The molecule has 1 aliphatic rings. The summed E-state index contributed by atoms with van der Waals surface area (Å²) in [5.41, 5.74) is 2.20. The number of rotatable bonds is 4. The second kappa shape index (κ2) is 5.23. The number of nitrogens with one attached hydrogen (secondary N) is 2. The molecule has 1 aromatic heterocycles. The Balaban J connectivity index is 1.67. The maximum absolute atomic E-state index is 11.5. The molecular weight excluding hydrogens is 210 g/mol. The fourth-order valence-corrected chi connectivity index (χ4v) is 2.31. The molecule has 0 aromatic carbocycles. The summed E-state index contributed by atoms with van der Waals surface area (Å²) in [6.07, 6.45) is 3.49. The molecule has 1 unspecified atom stereocenters. The zero-order valence-corrected chi connectivity index (χ0v) is 9.35. The monoisotopic (exact) mass is 225 g/mol. The van der Waals surface area contributed by atoms with Crippen LogP contribution in [0.25, 0.3) is 0 Å². The lowest BCUT2D eigenvalue weighted by Crippen LogP contribution is -2.30. The molecule has 2 heterocycles. The Bertz CT molecular complexity index is 306. The molecular formula is C10H15N3OS. The highest BCUT2D eigenvalue weighted by molar-refractivity contribution is 7.07. The average Bonchev–Trinajstić information content (AvgIpc) is 2.90. The van der Waals surface area contributed by atoms with Crippen molar-refractivity contribution in [1.29, 1.82) is 0 Å². The lowest BCUT2D eigenvalue weighted by atomic mass is 10.1. The molecule has 0 radical (unpaired) electrons. The van der Waals surface area contributed by atoms with Crippen LogP contribution in [0.15, 0.2) is 10.9 Å². The molecule has 0 saturated carbocycles. The number of aromatic nitrogens is 1. The highest BCUT2D eigenvalue weighted by Crippen LogP contribution is 2.07. The summed E-state index contributed by atoms with van der Waals surface area (Å²) in [6, 6.07) is 0.584. The fourth-order valence-electron chi connectivity index (χ4n) is 1.78. The summed E-state index contributed by atoms with van der Waals surface area (Å²) in [7, 11) is 0. The van der Waals surface area contributed by atoms with Crippen molar-refractivity contribution >= 4 is 17.2 Å². The third-order valence-electron chi connectivity index (χ3n) is 2.61. The summed E-state index contributed by atoms with van der Waals surface area (Å²) in [5, 5.41) is 8.04. The van der Waals surface area contributed by atoms with Crippen LogP contribution in [0.5, 0.6) is 0 Å². The van der Waals surface area contributed by atoms with Crippen molar-refractivity contribution in [3.05, 3.63) is 16.6 Å². The van der Waals surface area contributed by atoms with Crippen molar-refractivity contribution in [2.24, 2.45) is 0 Å². The van der Waals surface area contributed by atoms with Crippen molar-refractivity contribution < 1.29 is 4.79 Å². The quantitative estimate of drug-likeness (QED) is 0.804.